The molecule has 1 nitrogen and oxygen atoms in total. The summed E-state index contributed by atoms with van der Waals surface area (Å²) in [5.74, 6) is 1.25. The fourth-order valence-electron chi connectivity index (χ4n) is 3.17. The monoisotopic (exact) mass is 310 g/mol. The molecule has 1 saturated carbocycles. The summed E-state index contributed by atoms with van der Waals surface area (Å²) in [6.45, 7) is 4.36. The molecule has 0 aromatic heterocycles. The summed E-state index contributed by atoms with van der Waals surface area (Å²) < 4.78 is 1.06. The molecule has 1 aromatic rings. The number of halogens is 1. The lowest BCUT2D eigenvalue weighted by Crippen LogP contribution is -2.21. The summed E-state index contributed by atoms with van der Waals surface area (Å²) in [5, 5.41) is 10.6. The predicted octanol–water partition coefficient (Wildman–Crippen LogP) is 5.01. The van der Waals surface area contributed by atoms with E-state index in [4.69, 9.17) is 0 Å². The summed E-state index contributed by atoms with van der Waals surface area (Å²) in [6.07, 6.45) is 5.93. The van der Waals surface area contributed by atoms with Crippen molar-refractivity contribution in [1.82, 2.24) is 0 Å². The Bertz CT molecular complexity index is 402. The molecular weight excluding hydrogens is 288 g/mol. The third-order valence-corrected chi connectivity index (χ3v) is 4.90. The Morgan fingerprint density at radius 1 is 1.39 bits per heavy atom. The van der Waals surface area contributed by atoms with E-state index in [9.17, 15) is 5.11 Å². The largest absolute Gasteiger partial charge is 0.388 e. The highest BCUT2D eigenvalue weighted by molar-refractivity contribution is 9.10. The highest BCUT2D eigenvalue weighted by atomic mass is 79.9. The first-order chi connectivity index (χ1) is 8.61. The zero-order chi connectivity index (χ0) is 13.1. The lowest BCUT2D eigenvalue weighted by Gasteiger charge is -2.32. The molecule has 0 saturated heterocycles. The van der Waals surface area contributed by atoms with Crippen molar-refractivity contribution in [3.05, 3.63) is 33.8 Å². The zero-order valence-electron chi connectivity index (χ0n) is 11.3. The van der Waals surface area contributed by atoms with Gasteiger partial charge in [0.15, 0.2) is 0 Å². The molecule has 1 fully saturated rings. The minimum Gasteiger partial charge on any atom is -0.388 e. The Labute approximate surface area is 119 Å². The summed E-state index contributed by atoms with van der Waals surface area (Å²) in [7, 11) is 0. The van der Waals surface area contributed by atoms with Crippen LogP contribution in [0.1, 0.15) is 56.3 Å². The van der Waals surface area contributed by atoms with Crippen molar-refractivity contribution in [2.24, 2.45) is 11.8 Å². The van der Waals surface area contributed by atoms with Gasteiger partial charge in [0.25, 0.3) is 0 Å². The number of aliphatic hydroxyl groups excluding tert-OH is 1. The lowest BCUT2D eigenvalue weighted by molar-refractivity contribution is 0.0673. The predicted molar refractivity (Wildman–Crippen MR) is 79.6 cm³/mol. The second-order valence-electron chi connectivity index (χ2n) is 5.65. The Morgan fingerprint density at radius 3 is 2.89 bits per heavy atom. The number of rotatable bonds is 3. The summed E-state index contributed by atoms with van der Waals surface area (Å²) in [6, 6.07) is 6.21. The average molecular weight is 311 g/mol. The van der Waals surface area contributed by atoms with Crippen molar-refractivity contribution in [2.75, 3.05) is 0 Å². The number of hydrogen-bond donors (Lipinski definition) is 1. The molecule has 0 heterocycles. The quantitative estimate of drug-likeness (QED) is 0.832. The Balaban J connectivity index is 2.14. The van der Waals surface area contributed by atoms with Crippen molar-refractivity contribution in [3.63, 3.8) is 0 Å². The molecule has 0 aliphatic heterocycles. The third kappa shape index (κ3) is 3.16. The molecule has 3 unspecified atom stereocenters. The van der Waals surface area contributed by atoms with Crippen LogP contribution in [0, 0.1) is 18.8 Å². The average Bonchev–Trinajstić information content (AvgIpc) is 2.41. The number of aliphatic hydroxyl groups is 1. The highest BCUT2D eigenvalue weighted by Crippen LogP contribution is 2.39. The standard InChI is InChI=1S/C16H23BrO/c1-3-12-5-4-6-13(9-12)16(18)15-10-14(17)8-7-11(15)2/h7-8,10,12-13,16,18H,3-6,9H2,1-2H3. The first kappa shape index (κ1) is 14.1. The molecule has 0 amide bonds. The Kier molecular flexibility index (Phi) is 4.85. The molecule has 2 heteroatoms. The molecule has 18 heavy (non-hydrogen) atoms. The summed E-state index contributed by atoms with van der Waals surface area (Å²) >= 11 is 3.50. The van der Waals surface area contributed by atoms with Crippen LogP contribution in [-0.4, -0.2) is 5.11 Å². The van der Waals surface area contributed by atoms with E-state index in [1.165, 1.54) is 37.7 Å². The van der Waals surface area contributed by atoms with Crippen LogP contribution in [0.25, 0.3) is 0 Å². The highest BCUT2D eigenvalue weighted by Gasteiger charge is 2.28. The Hall–Kier alpha value is -0.340. The zero-order valence-corrected chi connectivity index (χ0v) is 12.9. The van der Waals surface area contributed by atoms with Gasteiger partial charge in [-0.1, -0.05) is 48.2 Å². The van der Waals surface area contributed by atoms with E-state index in [-0.39, 0.29) is 6.10 Å². The van der Waals surface area contributed by atoms with Crippen LogP contribution in [0.4, 0.5) is 0 Å². The van der Waals surface area contributed by atoms with Gasteiger partial charge in [-0.25, -0.2) is 0 Å². The van der Waals surface area contributed by atoms with Gasteiger partial charge in [0.1, 0.15) is 0 Å². The topological polar surface area (TPSA) is 20.2 Å². The summed E-state index contributed by atoms with van der Waals surface area (Å²) in [5.41, 5.74) is 2.30. The molecular formula is C16H23BrO. The molecule has 2 rings (SSSR count). The van der Waals surface area contributed by atoms with Crippen LogP contribution in [0.15, 0.2) is 22.7 Å². The lowest BCUT2D eigenvalue weighted by atomic mass is 9.76. The summed E-state index contributed by atoms with van der Waals surface area (Å²) in [4.78, 5) is 0. The molecule has 0 bridgehead atoms. The van der Waals surface area contributed by atoms with E-state index in [2.05, 4.69) is 41.9 Å². The first-order valence-corrected chi connectivity index (χ1v) is 7.85. The maximum Gasteiger partial charge on any atom is 0.0821 e. The van der Waals surface area contributed by atoms with Crippen LogP contribution in [0.3, 0.4) is 0 Å². The van der Waals surface area contributed by atoms with Gasteiger partial charge < -0.3 is 5.11 Å². The number of aryl methyl sites for hydroxylation is 1. The van der Waals surface area contributed by atoms with Crippen molar-refractivity contribution >= 4 is 15.9 Å². The fourth-order valence-corrected chi connectivity index (χ4v) is 3.55. The molecule has 0 radical (unpaired) electrons. The van der Waals surface area contributed by atoms with Crippen LogP contribution in [-0.2, 0) is 0 Å². The van der Waals surface area contributed by atoms with Crippen LogP contribution in [0.2, 0.25) is 0 Å². The van der Waals surface area contributed by atoms with E-state index in [0.29, 0.717) is 5.92 Å². The van der Waals surface area contributed by atoms with Gasteiger partial charge in [0.2, 0.25) is 0 Å². The van der Waals surface area contributed by atoms with Gasteiger partial charge in [-0.15, -0.1) is 0 Å². The van der Waals surface area contributed by atoms with Crippen molar-refractivity contribution in [3.8, 4) is 0 Å². The van der Waals surface area contributed by atoms with Gasteiger partial charge in [0, 0.05) is 4.47 Å². The van der Waals surface area contributed by atoms with E-state index < -0.39 is 0 Å². The molecule has 0 spiro atoms. The van der Waals surface area contributed by atoms with Crippen molar-refractivity contribution in [1.29, 1.82) is 0 Å². The smallest absolute Gasteiger partial charge is 0.0821 e. The maximum atomic E-state index is 10.6. The van der Waals surface area contributed by atoms with E-state index in [1.54, 1.807) is 0 Å². The molecule has 1 aliphatic rings. The van der Waals surface area contributed by atoms with E-state index in [0.717, 1.165) is 16.0 Å². The van der Waals surface area contributed by atoms with Gasteiger partial charge in [-0.3, -0.25) is 0 Å². The molecule has 100 valence electrons. The molecule has 3 atom stereocenters. The third-order valence-electron chi connectivity index (χ3n) is 4.41. The van der Waals surface area contributed by atoms with Crippen molar-refractivity contribution < 1.29 is 5.11 Å². The molecule has 1 aromatic carbocycles. The minimum atomic E-state index is -0.295. The first-order valence-electron chi connectivity index (χ1n) is 7.06. The van der Waals surface area contributed by atoms with E-state index in [1.807, 2.05) is 6.07 Å². The Morgan fingerprint density at radius 2 is 2.17 bits per heavy atom. The van der Waals surface area contributed by atoms with Crippen LogP contribution < -0.4 is 0 Å². The van der Waals surface area contributed by atoms with Gasteiger partial charge in [-0.05, 0) is 54.9 Å². The normalized spacial score (nSPS) is 26.0. The number of hydrogen-bond acceptors (Lipinski definition) is 1. The molecule has 1 aliphatic carbocycles. The van der Waals surface area contributed by atoms with Crippen LogP contribution >= 0.6 is 15.9 Å². The second-order valence-corrected chi connectivity index (χ2v) is 6.56. The van der Waals surface area contributed by atoms with Gasteiger partial charge >= 0.3 is 0 Å². The maximum absolute atomic E-state index is 10.6. The number of benzene rings is 1. The van der Waals surface area contributed by atoms with Gasteiger partial charge in [-0.2, -0.15) is 0 Å². The minimum absolute atomic E-state index is 0.295. The van der Waals surface area contributed by atoms with Crippen LogP contribution in [0.5, 0.6) is 0 Å². The van der Waals surface area contributed by atoms with Crippen molar-refractivity contribution in [2.45, 2.75) is 52.1 Å². The van der Waals surface area contributed by atoms with Gasteiger partial charge in [0.05, 0.1) is 6.10 Å². The SMILES string of the molecule is CCC1CCCC(C(O)c2cc(Br)ccc2C)C1. The van der Waals surface area contributed by atoms with E-state index >= 15 is 0 Å². The molecule has 1 N–H and O–H groups in total. The second kappa shape index (κ2) is 6.21. The fraction of sp³-hybridized carbons (Fsp3) is 0.625.